The minimum absolute atomic E-state index is 0.186. The van der Waals surface area contributed by atoms with E-state index in [-0.39, 0.29) is 17.8 Å². The summed E-state index contributed by atoms with van der Waals surface area (Å²) < 4.78 is 4.77. The van der Waals surface area contributed by atoms with Crippen LogP contribution in [0.2, 0.25) is 5.02 Å². The number of nitrogens with one attached hydrogen (secondary N) is 1. The maximum Gasteiger partial charge on any atom is 0.306 e. The molecule has 0 aromatic heterocycles. The van der Waals surface area contributed by atoms with Crippen molar-refractivity contribution in [1.29, 1.82) is 0 Å². The van der Waals surface area contributed by atoms with E-state index in [1.807, 2.05) is 0 Å². The van der Waals surface area contributed by atoms with Crippen LogP contribution in [0.25, 0.3) is 0 Å². The van der Waals surface area contributed by atoms with E-state index in [0.29, 0.717) is 16.3 Å². The maximum atomic E-state index is 12.6. The van der Waals surface area contributed by atoms with E-state index in [9.17, 15) is 14.4 Å². The molecule has 0 atom stereocenters. The summed E-state index contributed by atoms with van der Waals surface area (Å²) in [6.45, 7) is 1.23. The first-order chi connectivity index (χ1) is 11.5. The van der Waals surface area contributed by atoms with Crippen LogP contribution in [0, 0.1) is 0 Å². The zero-order valence-electron chi connectivity index (χ0n) is 13.0. The number of esters is 1. The normalized spacial score (nSPS) is 10.1. The zero-order valence-corrected chi connectivity index (χ0v) is 13.8. The van der Waals surface area contributed by atoms with Crippen LogP contribution >= 0.6 is 11.6 Å². The van der Waals surface area contributed by atoms with E-state index < -0.39 is 18.5 Å². The predicted molar refractivity (Wildman–Crippen MR) is 91.2 cm³/mol. The SMILES string of the molecule is CCC(=O)OCC(=O)Nc1ccc(Cl)cc1C(=O)c1ccccc1. The summed E-state index contributed by atoms with van der Waals surface area (Å²) >= 11 is 5.97. The number of anilines is 1. The van der Waals surface area contributed by atoms with E-state index in [1.54, 1.807) is 43.3 Å². The van der Waals surface area contributed by atoms with Gasteiger partial charge in [0.15, 0.2) is 12.4 Å². The first kappa shape index (κ1) is 17.7. The first-order valence-electron chi connectivity index (χ1n) is 7.36. The molecule has 124 valence electrons. The Kier molecular flexibility index (Phi) is 6.09. The fraction of sp³-hybridized carbons (Fsp3) is 0.167. The number of halogens is 1. The van der Waals surface area contributed by atoms with Crippen molar-refractivity contribution in [2.45, 2.75) is 13.3 Å². The van der Waals surface area contributed by atoms with Gasteiger partial charge in [-0.05, 0) is 18.2 Å². The number of carbonyl (C=O) groups is 3. The minimum Gasteiger partial charge on any atom is -0.456 e. The van der Waals surface area contributed by atoms with Gasteiger partial charge in [0, 0.05) is 22.6 Å². The summed E-state index contributed by atoms with van der Waals surface area (Å²) in [4.78, 5) is 35.6. The van der Waals surface area contributed by atoms with Crippen molar-refractivity contribution in [2.24, 2.45) is 0 Å². The average molecular weight is 346 g/mol. The lowest BCUT2D eigenvalue weighted by atomic mass is 10.0. The maximum absolute atomic E-state index is 12.6. The van der Waals surface area contributed by atoms with Gasteiger partial charge in [-0.2, -0.15) is 0 Å². The lowest BCUT2D eigenvalue weighted by Crippen LogP contribution is -2.22. The molecule has 5 nitrogen and oxygen atoms in total. The molecular weight excluding hydrogens is 330 g/mol. The van der Waals surface area contributed by atoms with Crippen molar-refractivity contribution >= 4 is 34.9 Å². The Morgan fingerprint density at radius 3 is 2.46 bits per heavy atom. The standard InChI is InChI=1S/C18H16ClNO4/c1-2-17(22)24-11-16(21)20-15-9-8-13(19)10-14(15)18(23)12-6-4-3-5-7-12/h3-10H,2,11H2,1H3,(H,20,21). The molecule has 0 bridgehead atoms. The summed E-state index contributed by atoms with van der Waals surface area (Å²) in [6.07, 6.45) is 0.186. The number of benzene rings is 2. The molecule has 1 amide bonds. The van der Waals surface area contributed by atoms with Crippen molar-refractivity contribution in [2.75, 3.05) is 11.9 Å². The molecule has 0 saturated carbocycles. The van der Waals surface area contributed by atoms with Gasteiger partial charge in [-0.25, -0.2) is 0 Å². The molecule has 0 aliphatic carbocycles. The molecule has 0 radical (unpaired) electrons. The molecule has 0 heterocycles. The molecule has 24 heavy (non-hydrogen) atoms. The minimum atomic E-state index is -0.527. The van der Waals surface area contributed by atoms with E-state index in [0.717, 1.165) is 0 Å². The van der Waals surface area contributed by atoms with Crippen molar-refractivity contribution in [3.63, 3.8) is 0 Å². The van der Waals surface area contributed by atoms with Gasteiger partial charge in [-0.1, -0.05) is 48.9 Å². The summed E-state index contributed by atoms with van der Waals surface area (Å²) in [5, 5.41) is 2.95. The Morgan fingerprint density at radius 1 is 1.08 bits per heavy atom. The van der Waals surface area contributed by atoms with Crippen LogP contribution < -0.4 is 5.32 Å². The third-order valence-electron chi connectivity index (χ3n) is 3.19. The molecule has 0 aliphatic heterocycles. The van der Waals surface area contributed by atoms with Gasteiger partial charge >= 0.3 is 5.97 Å². The van der Waals surface area contributed by atoms with Crippen molar-refractivity contribution in [3.8, 4) is 0 Å². The van der Waals surface area contributed by atoms with Gasteiger partial charge in [0.1, 0.15) is 0 Å². The van der Waals surface area contributed by atoms with Gasteiger partial charge in [-0.3, -0.25) is 14.4 Å². The molecular formula is C18H16ClNO4. The number of carbonyl (C=O) groups excluding carboxylic acids is 3. The second kappa shape index (κ2) is 8.26. The fourth-order valence-corrected chi connectivity index (χ4v) is 2.16. The Labute approximate surface area is 144 Å². The average Bonchev–Trinajstić information content (AvgIpc) is 2.61. The smallest absolute Gasteiger partial charge is 0.306 e. The molecule has 0 fully saturated rings. The third-order valence-corrected chi connectivity index (χ3v) is 3.42. The van der Waals surface area contributed by atoms with Crippen LogP contribution in [0.5, 0.6) is 0 Å². The molecule has 0 aliphatic rings. The van der Waals surface area contributed by atoms with Crippen LogP contribution in [-0.4, -0.2) is 24.3 Å². The lowest BCUT2D eigenvalue weighted by Gasteiger charge is -2.11. The number of hydrogen-bond acceptors (Lipinski definition) is 4. The number of ketones is 1. The molecule has 2 rings (SSSR count). The highest BCUT2D eigenvalue weighted by atomic mass is 35.5. The number of rotatable bonds is 6. The zero-order chi connectivity index (χ0) is 17.5. The monoisotopic (exact) mass is 345 g/mol. The number of amides is 1. The van der Waals surface area contributed by atoms with Crippen molar-refractivity contribution < 1.29 is 19.1 Å². The van der Waals surface area contributed by atoms with Crippen LogP contribution in [0.15, 0.2) is 48.5 Å². The Hall–Kier alpha value is -2.66. The van der Waals surface area contributed by atoms with Crippen LogP contribution in [0.4, 0.5) is 5.69 Å². The highest BCUT2D eigenvalue weighted by Gasteiger charge is 2.16. The molecule has 0 spiro atoms. The van der Waals surface area contributed by atoms with Gasteiger partial charge < -0.3 is 10.1 Å². The highest BCUT2D eigenvalue weighted by molar-refractivity contribution is 6.31. The van der Waals surface area contributed by atoms with Gasteiger partial charge in [-0.15, -0.1) is 0 Å². The second-order valence-electron chi connectivity index (χ2n) is 4.95. The number of hydrogen-bond donors (Lipinski definition) is 1. The van der Waals surface area contributed by atoms with Crippen LogP contribution in [-0.2, 0) is 14.3 Å². The van der Waals surface area contributed by atoms with Crippen molar-refractivity contribution in [1.82, 2.24) is 0 Å². The van der Waals surface area contributed by atoms with Gasteiger partial charge in [0.25, 0.3) is 5.91 Å². The molecule has 6 heteroatoms. The molecule has 0 saturated heterocycles. The van der Waals surface area contributed by atoms with E-state index >= 15 is 0 Å². The van der Waals surface area contributed by atoms with E-state index in [1.165, 1.54) is 12.1 Å². The fourth-order valence-electron chi connectivity index (χ4n) is 1.99. The quantitative estimate of drug-likeness (QED) is 0.642. The summed E-state index contributed by atoms with van der Waals surface area (Å²) in [7, 11) is 0. The largest absolute Gasteiger partial charge is 0.456 e. The van der Waals surface area contributed by atoms with E-state index in [2.05, 4.69) is 5.32 Å². The van der Waals surface area contributed by atoms with Gasteiger partial charge in [0.2, 0.25) is 0 Å². The Morgan fingerprint density at radius 2 is 1.79 bits per heavy atom. The Balaban J connectivity index is 2.20. The predicted octanol–water partition coefficient (Wildman–Crippen LogP) is 3.46. The second-order valence-corrected chi connectivity index (χ2v) is 5.38. The lowest BCUT2D eigenvalue weighted by molar-refractivity contribution is -0.146. The highest BCUT2D eigenvalue weighted by Crippen LogP contribution is 2.23. The first-order valence-corrected chi connectivity index (χ1v) is 7.74. The van der Waals surface area contributed by atoms with Gasteiger partial charge in [0.05, 0.1) is 5.69 Å². The summed E-state index contributed by atoms with van der Waals surface area (Å²) in [5.41, 5.74) is 1.06. The van der Waals surface area contributed by atoms with Crippen molar-refractivity contribution in [3.05, 3.63) is 64.7 Å². The topological polar surface area (TPSA) is 72.5 Å². The summed E-state index contributed by atoms with van der Waals surface area (Å²) in [5.74, 6) is -1.26. The molecule has 2 aromatic carbocycles. The Bertz CT molecular complexity index is 759. The molecule has 2 aromatic rings. The summed E-state index contributed by atoms with van der Waals surface area (Å²) in [6, 6.07) is 13.3. The number of ether oxygens (including phenoxy) is 1. The molecule has 1 N–H and O–H groups in total. The third kappa shape index (κ3) is 4.67. The van der Waals surface area contributed by atoms with Crippen LogP contribution in [0.1, 0.15) is 29.3 Å². The van der Waals surface area contributed by atoms with Crippen LogP contribution in [0.3, 0.4) is 0 Å². The van der Waals surface area contributed by atoms with E-state index in [4.69, 9.17) is 16.3 Å². The molecule has 0 unspecified atom stereocenters.